The summed E-state index contributed by atoms with van der Waals surface area (Å²) in [4.78, 5) is 15.7. The molecule has 0 saturated heterocycles. The molecule has 2 rings (SSSR count). The number of pyridine rings is 1. The Morgan fingerprint density at radius 3 is 2.65 bits per heavy atom. The molecule has 0 aliphatic heterocycles. The van der Waals surface area contributed by atoms with Crippen LogP contribution in [0, 0.1) is 0 Å². The van der Waals surface area contributed by atoms with Gasteiger partial charge in [-0.05, 0) is 23.8 Å². The number of aliphatic hydroxyl groups is 1. The van der Waals surface area contributed by atoms with Gasteiger partial charge in [0.2, 0.25) is 0 Å². The van der Waals surface area contributed by atoms with Crippen molar-refractivity contribution in [2.75, 3.05) is 14.2 Å². The molecule has 20 heavy (non-hydrogen) atoms. The average Bonchev–Trinajstić information content (AvgIpc) is 2.53. The molecule has 0 radical (unpaired) electrons. The van der Waals surface area contributed by atoms with Crippen molar-refractivity contribution in [2.45, 2.75) is 6.61 Å². The summed E-state index contributed by atoms with van der Waals surface area (Å²) in [6.45, 7) is -0.257. The van der Waals surface area contributed by atoms with Gasteiger partial charge in [-0.2, -0.15) is 0 Å². The number of carbonyl (C=O) groups excluding carboxylic acids is 1. The molecule has 1 aromatic heterocycles. The van der Waals surface area contributed by atoms with Gasteiger partial charge >= 0.3 is 5.97 Å². The lowest BCUT2D eigenvalue weighted by Crippen LogP contribution is -2.07. The van der Waals surface area contributed by atoms with Gasteiger partial charge in [0, 0.05) is 5.56 Å². The predicted octanol–water partition coefficient (Wildman–Crippen LogP) is 2.04. The predicted molar refractivity (Wildman–Crippen MR) is 73.5 cm³/mol. The number of hydrogen-bond acceptors (Lipinski definition) is 5. The zero-order chi connectivity index (χ0) is 14.5. The first-order valence-electron chi connectivity index (χ1n) is 6.03. The number of rotatable bonds is 4. The van der Waals surface area contributed by atoms with Gasteiger partial charge in [0.15, 0.2) is 0 Å². The summed E-state index contributed by atoms with van der Waals surface area (Å²) in [6, 6.07) is 10.8. The number of methoxy groups -OCH3 is 2. The maximum Gasteiger partial charge on any atom is 0.356 e. The fourth-order valence-corrected chi connectivity index (χ4v) is 1.92. The standard InChI is InChI=1S/C15H15NO4/c1-19-14-6-4-3-5-12(14)10-7-11(9-17)16-13(8-10)15(18)20-2/h3-8,17H,9H2,1-2H3. The van der Waals surface area contributed by atoms with Crippen molar-refractivity contribution in [3.05, 3.63) is 47.8 Å². The van der Waals surface area contributed by atoms with Gasteiger partial charge in [-0.3, -0.25) is 0 Å². The number of aromatic nitrogens is 1. The van der Waals surface area contributed by atoms with Crippen LogP contribution in [0.2, 0.25) is 0 Å². The van der Waals surface area contributed by atoms with Crippen LogP contribution in [0.5, 0.6) is 5.75 Å². The van der Waals surface area contributed by atoms with E-state index in [1.165, 1.54) is 7.11 Å². The van der Waals surface area contributed by atoms with Crippen molar-refractivity contribution in [1.82, 2.24) is 4.98 Å². The third-order valence-corrected chi connectivity index (χ3v) is 2.85. The van der Waals surface area contributed by atoms with Gasteiger partial charge in [-0.15, -0.1) is 0 Å². The lowest BCUT2D eigenvalue weighted by molar-refractivity contribution is 0.0593. The van der Waals surface area contributed by atoms with Crippen LogP contribution < -0.4 is 4.74 Å². The summed E-state index contributed by atoms with van der Waals surface area (Å²) in [5.41, 5.74) is 2.10. The van der Waals surface area contributed by atoms with Crippen LogP contribution in [-0.4, -0.2) is 30.3 Å². The lowest BCUT2D eigenvalue weighted by Gasteiger charge is -2.10. The van der Waals surface area contributed by atoms with Crippen LogP contribution in [-0.2, 0) is 11.3 Å². The maximum absolute atomic E-state index is 11.6. The highest BCUT2D eigenvalue weighted by molar-refractivity contribution is 5.89. The molecule has 0 fully saturated rings. The monoisotopic (exact) mass is 273 g/mol. The molecule has 2 aromatic rings. The Kier molecular flexibility index (Phi) is 4.32. The number of para-hydroxylation sites is 1. The molecule has 0 spiro atoms. The summed E-state index contributed by atoms with van der Waals surface area (Å²) >= 11 is 0. The molecular weight excluding hydrogens is 258 g/mol. The van der Waals surface area contributed by atoms with E-state index >= 15 is 0 Å². The summed E-state index contributed by atoms with van der Waals surface area (Å²) in [6.07, 6.45) is 0. The van der Waals surface area contributed by atoms with E-state index in [0.717, 1.165) is 11.1 Å². The maximum atomic E-state index is 11.6. The number of esters is 1. The largest absolute Gasteiger partial charge is 0.496 e. The normalized spacial score (nSPS) is 10.2. The number of ether oxygens (including phenoxy) is 2. The van der Waals surface area contributed by atoms with Gasteiger partial charge < -0.3 is 14.6 Å². The second-order valence-corrected chi connectivity index (χ2v) is 4.08. The second kappa shape index (κ2) is 6.16. The van der Waals surface area contributed by atoms with Gasteiger partial charge in [-0.25, -0.2) is 9.78 Å². The topological polar surface area (TPSA) is 68.7 Å². The van der Waals surface area contributed by atoms with Crippen LogP contribution in [0.25, 0.3) is 11.1 Å². The van der Waals surface area contributed by atoms with Gasteiger partial charge in [0.05, 0.1) is 26.5 Å². The minimum Gasteiger partial charge on any atom is -0.496 e. The number of nitrogens with zero attached hydrogens (tertiary/aromatic N) is 1. The van der Waals surface area contributed by atoms with Crippen LogP contribution in [0.3, 0.4) is 0 Å². The van der Waals surface area contributed by atoms with E-state index in [4.69, 9.17) is 4.74 Å². The van der Waals surface area contributed by atoms with Gasteiger partial charge in [0.1, 0.15) is 11.4 Å². The van der Waals surface area contributed by atoms with E-state index in [-0.39, 0.29) is 12.3 Å². The highest BCUT2D eigenvalue weighted by Crippen LogP contribution is 2.30. The van der Waals surface area contributed by atoms with Gasteiger partial charge in [0.25, 0.3) is 0 Å². The molecule has 0 saturated carbocycles. The first-order valence-corrected chi connectivity index (χ1v) is 6.03. The zero-order valence-corrected chi connectivity index (χ0v) is 11.3. The quantitative estimate of drug-likeness (QED) is 0.863. The SMILES string of the molecule is COC(=O)c1cc(-c2ccccc2OC)cc(CO)n1. The Hall–Kier alpha value is -2.40. The minimum atomic E-state index is -0.545. The molecular formula is C15H15NO4. The number of carbonyl (C=O) groups is 1. The lowest BCUT2D eigenvalue weighted by atomic mass is 10.0. The Labute approximate surface area is 116 Å². The molecule has 5 heteroatoms. The van der Waals surface area contributed by atoms with Gasteiger partial charge in [-0.1, -0.05) is 18.2 Å². The third kappa shape index (κ3) is 2.78. The first kappa shape index (κ1) is 14.0. The Morgan fingerprint density at radius 1 is 1.25 bits per heavy atom. The second-order valence-electron chi connectivity index (χ2n) is 4.08. The van der Waals surface area contributed by atoms with E-state index < -0.39 is 5.97 Å². The van der Waals surface area contributed by atoms with Crippen molar-refractivity contribution in [3.63, 3.8) is 0 Å². The molecule has 0 bridgehead atoms. The smallest absolute Gasteiger partial charge is 0.356 e. The highest BCUT2D eigenvalue weighted by atomic mass is 16.5. The molecule has 5 nitrogen and oxygen atoms in total. The Balaban J connectivity index is 2.58. The van der Waals surface area contributed by atoms with Crippen molar-refractivity contribution in [1.29, 1.82) is 0 Å². The zero-order valence-electron chi connectivity index (χ0n) is 11.3. The fraction of sp³-hybridized carbons (Fsp3) is 0.200. The van der Waals surface area contributed by atoms with E-state index in [1.807, 2.05) is 24.3 Å². The van der Waals surface area contributed by atoms with Crippen LogP contribution in [0.15, 0.2) is 36.4 Å². The summed E-state index contributed by atoms with van der Waals surface area (Å²) < 4.78 is 9.97. The summed E-state index contributed by atoms with van der Waals surface area (Å²) in [7, 11) is 2.87. The molecule has 0 atom stereocenters. The number of hydrogen-bond donors (Lipinski definition) is 1. The first-order chi connectivity index (χ1) is 9.69. The van der Waals surface area contributed by atoms with Crippen molar-refractivity contribution < 1.29 is 19.4 Å². The Morgan fingerprint density at radius 2 is 2.00 bits per heavy atom. The van der Waals surface area contributed by atoms with Crippen molar-refractivity contribution >= 4 is 5.97 Å². The van der Waals surface area contributed by atoms with Crippen LogP contribution in [0.1, 0.15) is 16.2 Å². The molecule has 0 unspecified atom stereocenters. The van der Waals surface area contributed by atoms with E-state index in [1.54, 1.807) is 19.2 Å². The molecule has 1 N–H and O–H groups in total. The minimum absolute atomic E-state index is 0.153. The van der Waals surface area contributed by atoms with Crippen molar-refractivity contribution in [3.8, 4) is 16.9 Å². The molecule has 1 aromatic carbocycles. The molecule has 0 aliphatic rings. The molecule has 104 valence electrons. The molecule has 0 amide bonds. The summed E-state index contributed by atoms with van der Waals surface area (Å²) in [5, 5.41) is 9.27. The number of aliphatic hydroxyl groups excluding tert-OH is 1. The Bertz CT molecular complexity index is 625. The van der Waals surface area contributed by atoms with Crippen LogP contribution >= 0.6 is 0 Å². The van der Waals surface area contributed by atoms with E-state index in [9.17, 15) is 9.90 Å². The average molecular weight is 273 g/mol. The molecule has 1 heterocycles. The van der Waals surface area contributed by atoms with E-state index in [2.05, 4.69) is 9.72 Å². The van der Waals surface area contributed by atoms with Crippen molar-refractivity contribution in [2.24, 2.45) is 0 Å². The van der Waals surface area contributed by atoms with E-state index in [0.29, 0.717) is 11.4 Å². The third-order valence-electron chi connectivity index (χ3n) is 2.85. The fourth-order valence-electron chi connectivity index (χ4n) is 1.92. The summed E-state index contributed by atoms with van der Waals surface area (Å²) in [5.74, 6) is 0.134. The number of benzene rings is 1. The van der Waals surface area contributed by atoms with Crippen LogP contribution in [0.4, 0.5) is 0 Å². The molecule has 0 aliphatic carbocycles. The highest BCUT2D eigenvalue weighted by Gasteiger charge is 2.13.